The molecule has 0 aliphatic rings. The summed E-state index contributed by atoms with van der Waals surface area (Å²) in [4.78, 5) is 24.5. The summed E-state index contributed by atoms with van der Waals surface area (Å²) in [7, 11) is 0. The van der Waals surface area contributed by atoms with E-state index < -0.39 is 0 Å². The lowest BCUT2D eigenvalue weighted by atomic mass is 10.1. The van der Waals surface area contributed by atoms with Crippen LogP contribution in [0.15, 0.2) is 48.5 Å². The van der Waals surface area contributed by atoms with Crippen molar-refractivity contribution in [1.29, 1.82) is 0 Å². The van der Waals surface area contributed by atoms with Gasteiger partial charge in [0.25, 0.3) is 11.8 Å². The lowest BCUT2D eigenvalue weighted by molar-refractivity contribution is 0.0950. The number of carbonyl (C=O) groups excluding carboxylic acids is 2. The molecule has 0 aliphatic carbocycles. The van der Waals surface area contributed by atoms with Gasteiger partial charge in [0, 0.05) is 29.2 Å². The first-order valence-corrected chi connectivity index (χ1v) is 8.74. The first-order valence-electron chi connectivity index (χ1n) is 8.36. The molecule has 2 aromatic rings. The average Bonchev–Trinajstić information content (AvgIpc) is 2.60. The fraction of sp³-hybridized carbons (Fsp3) is 0.300. The first kappa shape index (κ1) is 19.0. The van der Waals surface area contributed by atoms with Gasteiger partial charge in [-0.25, -0.2) is 0 Å². The van der Waals surface area contributed by atoms with E-state index in [0.29, 0.717) is 35.2 Å². The standard InChI is InChI=1S/C20H23ClN2O2/c1-14(2)10-11-22-19(24)16-4-3-5-17(12-16)20(25)23-13-15-6-8-18(21)9-7-15/h3-9,12,14H,10-11,13H2,1-2H3,(H,22,24)(H,23,25). The number of hydrogen-bond donors (Lipinski definition) is 2. The van der Waals surface area contributed by atoms with Crippen LogP contribution in [0, 0.1) is 5.92 Å². The Morgan fingerprint density at radius 2 is 1.56 bits per heavy atom. The van der Waals surface area contributed by atoms with Gasteiger partial charge < -0.3 is 10.6 Å². The largest absolute Gasteiger partial charge is 0.352 e. The molecule has 0 saturated heterocycles. The topological polar surface area (TPSA) is 58.2 Å². The van der Waals surface area contributed by atoms with Crippen LogP contribution in [0.2, 0.25) is 5.02 Å². The van der Waals surface area contributed by atoms with Crippen LogP contribution < -0.4 is 10.6 Å². The molecular formula is C20H23ClN2O2. The predicted molar refractivity (Wildman–Crippen MR) is 101 cm³/mol. The molecule has 4 nitrogen and oxygen atoms in total. The summed E-state index contributed by atoms with van der Waals surface area (Å²) in [5, 5.41) is 6.38. The fourth-order valence-corrected chi connectivity index (χ4v) is 2.39. The third-order valence-corrected chi connectivity index (χ3v) is 4.01. The molecule has 2 aromatic carbocycles. The van der Waals surface area contributed by atoms with Crippen LogP contribution in [0.5, 0.6) is 0 Å². The van der Waals surface area contributed by atoms with Crippen LogP contribution in [-0.4, -0.2) is 18.4 Å². The van der Waals surface area contributed by atoms with Gasteiger partial charge in [0.1, 0.15) is 0 Å². The van der Waals surface area contributed by atoms with Crippen molar-refractivity contribution in [2.75, 3.05) is 6.54 Å². The molecule has 0 fully saturated rings. The van der Waals surface area contributed by atoms with Gasteiger partial charge in [-0.3, -0.25) is 9.59 Å². The molecular weight excluding hydrogens is 336 g/mol. The second kappa shape index (κ2) is 9.23. The van der Waals surface area contributed by atoms with E-state index >= 15 is 0 Å². The van der Waals surface area contributed by atoms with Gasteiger partial charge in [0.05, 0.1) is 0 Å². The van der Waals surface area contributed by atoms with Crippen LogP contribution in [0.4, 0.5) is 0 Å². The summed E-state index contributed by atoms with van der Waals surface area (Å²) in [6.45, 7) is 5.25. The summed E-state index contributed by atoms with van der Waals surface area (Å²) in [5.74, 6) is 0.157. The Hall–Kier alpha value is -2.33. The maximum Gasteiger partial charge on any atom is 0.251 e. The highest BCUT2D eigenvalue weighted by molar-refractivity contribution is 6.30. The number of amides is 2. The highest BCUT2D eigenvalue weighted by atomic mass is 35.5. The van der Waals surface area contributed by atoms with Crippen LogP contribution in [0.1, 0.15) is 46.5 Å². The number of hydrogen-bond acceptors (Lipinski definition) is 2. The Balaban J connectivity index is 1.93. The summed E-state index contributed by atoms with van der Waals surface area (Å²) >= 11 is 5.85. The number of benzene rings is 2. The quantitative estimate of drug-likeness (QED) is 0.784. The Labute approximate surface area is 153 Å². The summed E-state index contributed by atoms with van der Waals surface area (Å²) in [6, 6.07) is 14.0. The second-order valence-corrected chi connectivity index (χ2v) is 6.76. The zero-order valence-electron chi connectivity index (χ0n) is 14.5. The minimum atomic E-state index is -0.216. The molecule has 2 rings (SSSR count). The molecule has 0 aromatic heterocycles. The molecule has 2 amide bonds. The minimum Gasteiger partial charge on any atom is -0.352 e. The highest BCUT2D eigenvalue weighted by Crippen LogP contribution is 2.10. The third-order valence-electron chi connectivity index (χ3n) is 3.76. The number of rotatable bonds is 7. The zero-order valence-corrected chi connectivity index (χ0v) is 15.3. The van der Waals surface area contributed by atoms with Crippen LogP contribution >= 0.6 is 11.6 Å². The molecule has 0 unspecified atom stereocenters. The van der Waals surface area contributed by atoms with Gasteiger partial charge in [-0.2, -0.15) is 0 Å². The molecule has 0 bridgehead atoms. The lowest BCUT2D eigenvalue weighted by Gasteiger charge is -2.09. The van der Waals surface area contributed by atoms with Crippen molar-refractivity contribution < 1.29 is 9.59 Å². The Morgan fingerprint density at radius 1 is 0.960 bits per heavy atom. The normalized spacial score (nSPS) is 10.6. The maximum atomic E-state index is 12.3. The van der Waals surface area contributed by atoms with Gasteiger partial charge in [-0.15, -0.1) is 0 Å². The predicted octanol–water partition coefficient (Wildman–Crippen LogP) is 4.05. The Bertz CT molecular complexity index is 727. The third kappa shape index (κ3) is 6.24. The lowest BCUT2D eigenvalue weighted by Crippen LogP contribution is -2.26. The molecule has 0 spiro atoms. The Morgan fingerprint density at radius 3 is 2.16 bits per heavy atom. The molecule has 132 valence electrons. The monoisotopic (exact) mass is 358 g/mol. The minimum absolute atomic E-state index is 0.159. The van der Waals surface area contributed by atoms with E-state index in [-0.39, 0.29) is 11.8 Å². The second-order valence-electron chi connectivity index (χ2n) is 6.33. The van der Waals surface area contributed by atoms with Crippen molar-refractivity contribution in [3.63, 3.8) is 0 Å². The van der Waals surface area contributed by atoms with Crippen molar-refractivity contribution in [3.8, 4) is 0 Å². The van der Waals surface area contributed by atoms with Crippen molar-refractivity contribution in [3.05, 3.63) is 70.2 Å². The zero-order chi connectivity index (χ0) is 18.2. The van der Waals surface area contributed by atoms with Gasteiger partial charge in [0.2, 0.25) is 0 Å². The summed E-state index contributed by atoms with van der Waals surface area (Å²) in [5.41, 5.74) is 1.91. The van der Waals surface area contributed by atoms with Crippen molar-refractivity contribution in [2.45, 2.75) is 26.8 Å². The van der Waals surface area contributed by atoms with Crippen molar-refractivity contribution in [1.82, 2.24) is 10.6 Å². The molecule has 0 aliphatic heterocycles. The molecule has 5 heteroatoms. The highest BCUT2D eigenvalue weighted by Gasteiger charge is 2.10. The fourth-order valence-electron chi connectivity index (χ4n) is 2.26. The van der Waals surface area contributed by atoms with Crippen LogP contribution in [-0.2, 0) is 6.54 Å². The van der Waals surface area contributed by atoms with E-state index in [1.54, 1.807) is 36.4 Å². The van der Waals surface area contributed by atoms with Gasteiger partial charge in [0.15, 0.2) is 0 Å². The van der Waals surface area contributed by atoms with Crippen molar-refractivity contribution in [2.24, 2.45) is 5.92 Å². The first-order chi connectivity index (χ1) is 12.0. The Kier molecular flexibility index (Phi) is 7.02. The molecule has 2 N–H and O–H groups in total. The van der Waals surface area contributed by atoms with E-state index in [0.717, 1.165) is 12.0 Å². The molecule has 0 heterocycles. The molecule has 0 atom stereocenters. The molecule has 0 radical (unpaired) electrons. The summed E-state index contributed by atoms with van der Waals surface area (Å²) < 4.78 is 0. The van der Waals surface area contributed by atoms with Gasteiger partial charge in [-0.05, 0) is 48.2 Å². The molecule has 25 heavy (non-hydrogen) atoms. The number of carbonyl (C=O) groups is 2. The van der Waals surface area contributed by atoms with E-state index in [1.807, 2.05) is 12.1 Å². The number of halogens is 1. The van der Waals surface area contributed by atoms with Crippen LogP contribution in [0.25, 0.3) is 0 Å². The average molecular weight is 359 g/mol. The van der Waals surface area contributed by atoms with E-state index in [9.17, 15) is 9.59 Å². The van der Waals surface area contributed by atoms with E-state index in [4.69, 9.17) is 11.6 Å². The number of nitrogens with one attached hydrogen (secondary N) is 2. The van der Waals surface area contributed by atoms with E-state index in [1.165, 1.54) is 0 Å². The van der Waals surface area contributed by atoms with Crippen LogP contribution in [0.3, 0.4) is 0 Å². The smallest absolute Gasteiger partial charge is 0.251 e. The van der Waals surface area contributed by atoms with Crippen molar-refractivity contribution >= 4 is 23.4 Å². The van der Waals surface area contributed by atoms with Gasteiger partial charge in [-0.1, -0.05) is 43.6 Å². The SMILES string of the molecule is CC(C)CCNC(=O)c1cccc(C(=O)NCc2ccc(Cl)cc2)c1. The van der Waals surface area contributed by atoms with E-state index in [2.05, 4.69) is 24.5 Å². The van der Waals surface area contributed by atoms with Gasteiger partial charge >= 0.3 is 0 Å². The molecule has 0 saturated carbocycles. The maximum absolute atomic E-state index is 12.3. The summed E-state index contributed by atoms with van der Waals surface area (Å²) in [6.07, 6.45) is 0.924.